The monoisotopic (exact) mass is 551 g/mol. The molecule has 0 aliphatic carbocycles. The van der Waals surface area contributed by atoms with Crippen LogP contribution in [0.25, 0.3) is 11.3 Å². The van der Waals surface area contributed by atoms with Gasteiger partial charge in [0.1, 0.15) is 22.4 Å². The Morgan fingerprint density at radius 1 is 1.14 bits per heavy atom. The number of hydrogen-bond donors (Lipinski definition) is 2. The molecule has 37 heavy (non-hydrogen) atoms. The third-order valence-electron chi connectivity index (χ3n) is 5.96. The van der Waals surface area contributed by atoms with Crippen molar-refractivity contribution in [2.45, 2.75) is 49.0 Å². The van der Waals surface area contributed by atoms with Gasteiger partial charge in [0.2, 0.25) is 5.95 Å². The fraction of sp³-hybridized carbons (Fsp3) is 0.269. The molecule has 1 aromatic carbocycles. The Morgan fingerprint density at radius 2 is 1.95 bits per heavy atom. The van der Waals surface area contributed by atoms with Crippen LogP contribution in [0.1, 0.15) is 31.9 Å². The molecule has 3 aromatic heterocycles. The van der Waals surface area contributed by atoms with Crippen molar-refractivity contribution in [3.8, 4) is 11.3 Å². The van der Waals surface area contributed by atoms with E-state index in [2.05, 4.69) is 37.4 Å². The van der Waals surface area contributed by atoms with E-state index in [1.807, 2.05) is 42.5 Å². The van der Waals surface area contributed by atoms with Crippen LogP contribution >= 0.6 is 35.6 Å². The molecular formula is C26H26ClN7OS2. The van der Waals surface area contributed by atoms with Crippen LogP contribution in [-0.2, 0) is 6.54 Å². The van der Waals surface area contributed by atoms with Crippen LogP contribution in [0.3, 0.4) is 0 Å². The molecule has 1 unspecified atom stereocenters. The van der Waals surface area contributed by atoms with Gasteiger partial charge in [0.15, 0.2) is 10.3 Å². The molecule has 8 nitrogen and oxygen atoms in total. The highest BCUT2D eigenvalue weighted by Crippen LogP contribution is 2.30. The minimum Gasteiger partial charge on any atom is -0.459 e. The number of nitrogens with zero attached hydrogens (tertiary/aromatic N) is 5. The van der Waals surface area contributed by atoms with E-state index >= 15 is 0 Å². The summed E-state index contributed by atoms with van der Waals surface area (Å²) in [4.78, 5) is 20.4. The van der Waals surface area contributed by atoms with Gasteiger partial charge in [-0.25, -0.2) is 15.0 Å². The predicted molar refractivity (Wildman–Crippen MR) is 151 cm³/mol. The van der Waals surface area contributed by atoms with Crippen molar-refractivity contribution in [1.82, 2.24) is 25.3 Å². The number of hydrogen-bond acceptors (Lipinski definition) is 8. The van der Waals surface area contributed by atoms with E-state index in [-0.39, 0.29) is 0 Å². The molecule has 190 valence electrons. The second-order valence-electron chi connectivity index (χ2n) is 8.64. The number of halogens is 1. The molecule has 11 heteroatoms. The lowest BCUT2D eigenvalue weighted by molar-refractivity contribution is 0.480. The number of anilines is 2. The van der Waals surface area contributed by atoms with E-state index in [0.29, 0.717) is 33.8 Å². The number of rotatable bonds is 7. The van der Waals surface area contributed by atoms with Crippen molar-refractivity contribution >= 4 is 52.5 Å². The SMILES string of the molecule is CC1CCCCN1c1cc(Sc2ncccn2)nc(NC(=S)NCc2ccc(-c3ccc(Cl)cc3)o2)n1. The Morgan fingerprint density at radius 3 is 2.73 bits per heavy atom. The number of piperidine rings is 1. The molecule has 0 saturated carbocycles. The highest BCUT2D eigenvalue weighted by Gasteiger charge is 2.21. The van der Waals surface area contributed by atoms with Crippen molar-refractivity contribution < 1.29 is 4.42 Å². The number of benzene rings is 1. The largest absolute Gasteiger partial charge is 0.459 e. The highest BCUT2D eigenvalue weighted by molar-refractivity contribution is 7.99. The Kier molecular flexibility index (Phi) is 8.18. The first-order valence-corrected chi connectivity index (χ1v) is 13.6. The molecule has 4 heterocycles. The first-order valence-electron chi connectivity index (χ1n) is 12.0. The van der Waals surface area contributed by atoms with Crippen LogP contribution in [-0.4, -0.2) is 37.6 Å². The lowest BCUT2D eigenvalue weighted by atomic mass is 10.0. The molecule has 4 aromatic rings. The van der Waals surface area contributed by atoms with Crippen molar-refractivity contribution in [2.24, 2.45) is 0 Å². The fourth-order valence-electron chi connectivity index (χ4n) is 4.09. The Labute approximate surface area is 230 Å². The fourth-order valence-corrected chi connectivity index (χ4v) is 5.09. The summed E-state index contributed by atoms with van der Waals surface area (Å²) in [5.74, 6) is 2.81. The molecule has 1 atom stereocenters. The van der Waals surface area contributed by atoms with Crippen LogP contribution in [0.15, 0.2) is 75.5 Å². The first kappa shape index (κ1) is 25.4. The average Bonchev–Trinajstić information content (AvgIpc) is 3.38. The van der Waals surface area contributed by atoms with Crippen molar-refractivity contribution in [3.63, 3.8) is 0 Å². The number of furan rings is 1. The molecule has 2 N–H and O–H groups in total. The summed E-state index contributed by atoms with van der Waals surface area (Å²) < 4.78 is 5.96. The molecule has 5 rings (SSSR count). The molecule has 0 bridgehead atoms. The van der Waals surface area contributed by atoms with Crippen molar-refractivity contribution in [2.75, 3.05) is 16.8 Å². The van der Waals surface area contributed by atoms with Gasteiger partial charge in [-0.15, -0.1) is 0 Å². The van der Waals surface area contributed by atoms with Crippen molar-refractivity contribution in [1.29, 1.82) is 0 Å². The first-order chi connectivity index (χ1) is 18.0. The summed E-state index contributed by atoms with van der Waals surface area (Å²) in [5.41, 5.74) is 0.959. The van der Waals surface area contributed by atoms with Gasteiger partial charge in [0.05, 0.1) is 6.54 Å². The van der Waals surface area contributed by atoms with Crippen LogP contribution < -0.4 is 15.5 Å². The average molecular weight is 552 g/mol. The summed E-state index contributed by atoms with van der Waals surface area (Å²) in [6, 6.07) is 15.6. The minimum atomic E-state index is 0.403. The lowest BCUT2D eigenvalue weighted by Crippen LogP contribution is -2.38. The van der Waals surface area contributed by atoms with Gasteiger partial charge in [-0.2, -0.15) is 4.98 Å². The van der Waals surface area contributed by atoms with Gasteiger partial charge >= 0.3 is 0 Å². The maximum atomic E-state index is 5.98. The van der Waals surface area contributed by atoms with E-state index < -0.39 is 0 Å². The molecular weight excluding hydrogens is 526 g/mol. The maximum absolute atomic E-state index is 5.98. The minimum absolute atomic E-state index is 0.403. The molecule has 1 aliphatic rings. The van der Waals surface area contributed by atoms with Gasteiger partial charge in [-0.1, -0.05) is 11.6 Å². The van der Waals surface area contributed by atoms with E-state index in [9.17, 15) is 0 Å². The summed E-state index contributed by atoms with van der Waals surface area (Å²) >= 11 is 12.9. The van der Waals surface area contributed by atoms with Crippen LogP contribution in [0.4, 0.5) is 11.8 Å². The molecule has 0 amide bonds. The predicted octanol–water partition coefficient (Wildman–Crippen LogP) is 6.20. The van der Waals surface area contributed by atoms with Crippen molar-refractivity contribution in [3.05, 3.63) is 71.7 Å². The molecule has 0 radical (unpaired) electrons. The van der Waals surface area contributed by atoms with Gasteiger partial charge in [-0.05, 0) is 92.6 Å². The summed E-state index contributed by atoms with van der Waals surface area (Å²) in [6.45, 7) is 3.61. The zero-order chi connectivity index (χ0) is 25.6. The van der Waals surface area contributed by atoms with E-state index in [1.165, 1.54) is 18.2 Å². The van der Waals surface area contributed by atoms with Gasteiger partial charge in [0.25, 0.3) is 0 Å². The third-order valence-corrected chi connectivity index (χ3v) is 7.27. The second kappa shape index (κ2) is 11.9. The zero-order valence-corrected chi connectivity index (χ0v) is 22.6. The van der Waals surface area contributed by atoms with E-state index in [1.54, 1.807) is 18.5 Å². The number of thiocarbonyl (C=S) groups is 1. The third kappa shape index (κ3) is 6.76. The quantitative estimate of drug-likeness (QED) is 0.157. The summed E-state index contributed by atoms with van der Waals surface area (Å²) in [5, 5.41) is 8.78. The van der Waals surface area contributed by atoms with E-state index in [4.69, 9.17) is 33.2 Å². The molecule has 1 aliphatic heterocycles. The molecule has 1 fully saturated rings. The molecule has 1 saturated heterocycles. The summed E-state index contributed by atoms with van der Waals surface area (Å²) in [7, 11) is 0. The number of nitrogens with one attached hydrogen (secondary N) is 2. The smallest absolute Gasteiger partial charge is 0.232 e. The summed E-state index contributed by atoms with van der Waals surface area (Å²) in [6.07, 6.45) is 6.94. The number of aromatic nitrogens is 4. The van der Waals surface area contributed by atoms with Crippen LogP contribution in [0, 0.1) is 0 Å². The van der Waals surface area contributed by atoms with Crippen LogP contribution in [0.2, 0.25) is 5.02 Å². The Hall–Kier alpha value is -3.21. The van der Waals surface area contributed by atoms with Gasteiger partial charge in [0, 0.05) is 41.6 Å². The lowest BCUT2D eigenvalue weighted by Gasteiger charge is -2.34. The molecule has 0 spiro atoms. The standard InChI is InChI=1S/C26H26ClN7OS2/c1-17-5-2-3-14-34(17)22-15-23(37-26-28-12-4-13-29-26)32-24(31-22)33-25(36)30-16-20-10-11-21(35-20)18-6-8-19(27)9-7-18/h4,6-13,15,17H,2-3,5,14,16H2,1H3,(H2,30,31,32,33,36). The Balaban J connectivity index is 1.28. The Bertz CT molecular complexity index is 1350. The van der Waals surface area contributed by atoms with Gasteiger partial charge < -0.3 is 20.0 Å². The van der Waals surface area contributed by atoms with E-state index in [0.717, 1.165) is 47.3 Å². The zero-order valence-electron chi connectivity index (χ0n) is 20.2. The topological polar surface area (TPSA) is 92.0 Å². The van der Waals surface area contributed by atoms with Crippen LogP contribution in [0.5, 0.6) is 0 Å². The normalized spacial score (nSPS) is 15.4. The van der Waals surface area contributed by atoms with Gasteiger partial charge in [-0.3, -0.25) is 0 Å². The second-order valence-corrected chi connectivity index (χ2v) is 10.5. The maximum Gasteiger partial charge on any atom is 0.232 e. The highest BCUT2D eigenvalue weighted by atomic mass is 35.5.